The van der Waals surface area contributed by atoms with Crippen LogP contribution in [0.15, 0.2) is 24.3 Å². The predicted molar refractivity (Wildman–Crippen MR) is 77.6 cm³/mol. The molecular formula is C15H21NO5. The second-order valence-corrected chi connectivity index (χ2v) is 5.55. The molecule has 1 aromatic carbocycles. The van der Waals surface area contributed by atoms with Crippen molar-refractivity contribution in [3.8, 4) is 5.75 Å². The molecule has 1 atom stereocenters. The van der Waals surface area contributed by atoms with Crippen molar-refractivity contribution in [3.63, 3.8) is 0 Å². The van der Waals surface area contributed by atoms with Crippen LogP contribution in [0, 0.1) is 0 Å². The number of hydrogen-bond donors (Lipinski definition) is 2. The molecule has 0 radical (unpaired) electrons. The topological polar surface area (TPSA) is 84.9 Å². The normalized spacial score (nSPS) is 12.4. The molecule has 0 bridgehead atoms. The Morgan fingerprint density at radius 3 is 2.52 bits per heavy atom. The third-order valence-electron chi connectivity index (χ3n) is 2.64. The zero-order valence-electron chi connectivity index (χ0n) is 12.7. The van der Waals surface area contributed by atoms with Gasteiger partial charge in [-0.15, -0.1) is 0 Å². The number of benzene rings is 1. The van der Waals surface area contributed by atoms with Gasteiger partial charge in [-0.25, -0.2) is 4.79 Å². The zero-order chi connectivity index (χ0) is 16.0. The number of carboxylic acid groups (broad SMARTS) is 1. The molecule has 0 fully saturated rings. The van der Waals surface area contributed by atoms with Crippen molar-refractivity contribution in [2.24, 2.45) is 0 Å². The average molecular weight is 295 g/mol. The van der Waals surface area contributed by atoms with Crippen LogP contribution in [0.3, 0.4) is 0 Å². The molecule has 0 saturated carbocycles. The second-order valence-electron chi connectivity index (χ2n) is 5.55. The van der Waals surface area contributed by atoms with Gasteiger partial charge >= 0.3 is 12.1 Å². The maximum atomic E-state index is 11.6. The summed E-state index contributed by atoms with van der Waals surface area (Å²) >= 11 is 0. The van der Waals surface area contributed by atoms with Crippen LogP contribution in [-0.4, -0.2) is 36.4 Å². The van der Waals surface area contributed by atoms with Gasteiger partial charge in [0, 0.05) is 6.54 Å². The number of nitrogens with one attached hydrogen (secondary N) is 1. The van der Waals surface area contributed by atoms with Crippen LogP contribution >= 0.6 is 0 Å². The highest BCUT2D eigenvalue weighted by Crippen LogP contribution is 2.21. The number of alkyl carbamates (subject to hydrolysis) is 1. The molecule has 1 amide bonds. The van der Waals surface area contributed by atoms with Crippen molar-refractivity contribution in [2.45, 2.75) is 32.3 Å². The lowest BCUT2D eigenvalue weighted by molar-refractivity contribution is -0.138. The summed E-state index contributed by atoms with van der Waals surface area (Å²) in [5.41, 5.74) is -0.0726. The Bertz CT molecular complexity index is 507. The molecule has 21 heavy (non-hydrogen) atoms. The molecule has 6 heteroatoms. The molecule has 6 nitrogen and oxygen atoms in total. The number of hydrogen-bond acceptors (Lipinski definition) is 4. The molecular weight excluding hydrogens is 274 g/mol. The summed E-state index contributed by atoms with van der Waals surface area (Å²) in [6.07, 6.45) is -0.642. The van der Waals surface area contributed by atoms with Gasteiger partial charge in [-0.2, -0.15) is 0 Å². The molecule has 0 aromatic heterocycles. The Kier molecular flexibility index (Phi) is 5.58. The fourth-order valence-electron chi connectivity index (χ4n) is 1.71. The smallest absolute Gasteiger partial charge is 0.407 e. The first-order chi connectivity index (χ1) is 9.73. The van der Waals surface area contributed by atoms with Crippen LogP contribution in [0.5, 0.6) is 5.75 Å². The van der Waals surface area contributed by atoms with Crippen LogP contribution in [0.2, 0.25) is 0 Å². The Labute approximate surface area is 124 Å². The van der Waals surface area contributed by atoms with Gasteiger partial charge in [0.1, 0.15) is 11.4 Å². The average Bonchev–Trinajstić information content (AvgIpc) is 2.36. The minimum Gasteiger partial charge on any atom is -0.497 e. The molecule has 1 rings (SSSR count). The van der Waals surface area contributed by atoms with Crippen LogP contribution in [0.25, 0.3) is 0 Å². The van der Waals surface area contributed by atoms with Crippen LogP contribution < -0.4 is 10.1 Å². The third kappa shape index (κ3) is 5.72. The summed E-state index contributed by atoms with van der Waals surface area (Å²) in [4.78, 5) is 23.0. The van der Waals surface area contributed by atoms with E-state index < -0.39 is 23.6 Å². The summed E-state index contributed by atoms with van der Waals surface area (Å²) < 4.78 is 10.2. The van der Waals surface area contributed by atoms with Crippen molar-refractivity contribution in [1.82, 2.24) is 5.32 Å². The predicted octanol–water partition coefficient (Wildman–Crippen LogP) is 2.39. The Morgan fingerprint density at radius 2 is 2.00 bits per heavy atom. The van der Waals surface area contributed by atoms with Gasteiger partial charge in [-0.05, 0) is 38.5 Å². The molecule has 2 N–H and O–H groups in total. The molecule has 0 aliphatic carbocycles. The minimum atomic E-state index is -1.03. The van der Waals surface area contributed by atoms with Crippen molar-refractivity contribution in [1.29, 1.82) is 0 Å². The molecule has 0 spiro atoms. The molecule has 1 aromatic rings. The number of amides is 1. The third-order valence-corrected chi connectivity index (χ3v) is 2.64. The van der Waals surface area contributed by atoms with Gasteiger partial charge in [0.2, 0.25) is 0 Å². The van der Waals surface area contributed by atoms with E-state index in [-0.39, 0.29) is 6.54 Å². The van der Waals surface area contributed by atoms with Crippen LogP contribution in [0.4, 0.5) is 4.79 Å². The lowest BCUT2D eigenvalue weighted by Crippen LogP contribution is -2.36. The quantitative estimate of drug-likeness (QED) is 0.871. The molecule has 0 heterocycles. The van der Waals surface area contributed by atoms with E-state index in [1.165, 1.54) is 7.11 Å². The molecule has 0 aliphatic rings. The zero-order valence-corrected chi connectivity index (χ0v) is 12.7. The molecule has 116 valence electrons. The SMILES string of the molecule is COc1cccc(C(CNC(=O)OC(C)(C)C)C(=O)O)c1. The summed E-state index contributed by atoms with van der Waals surface area (Å²) in [5, 5.41) is 11.8. The van der Waals surface area contributed by atoms with E-state index in [0.29, 0.717) is 11.3 Å². The van der Waals surface area contributed by atoms with Gasteiger partial charge in [-0.3, -0.25) is 4.79 Å². The van der Waals surface area contributed by atoms with Gasteiger partial charge in [0.15, 0.2) is 0 Å². The Balaban J connectivity index is 2.74. The summed E-state index contributed by atoms with van der Waals surface area (Å²) in [7, 11) is 1.51. The Hall–Kier alpha value is -2.24. The van der Waals surface area contributed by atoms with E-state index in [2.05, 4.69) is 5.32 Å². The van der Waals surface area contributed by atoms with E-state index in [0.717, 1.165) is 0 Å². The number of methoxy groups -OCH3 is 1. The Morgan fingerprint density at radius 1 is 1.33 bits per heavy atom. The van der Waals surface area contributed by atoms with E-state index >= 15 is 0 Å². The van der Waals surface area contributed by atoms with E-state index in [1.54, 1.807) is 45.0 Å². The standard InChI is InChI=1S/C15H21NO5/c1-15(2,3)21-14(19)16-9-12(13(17)18)10-6-5-7-11(8-10)20-4/h5-8,12H,9H2,1-4H3,(H,16,19)(H,17,18). The van der Waals surface area contributed by atoms with Crippen molar-refractivity contribution in [2.75, 3.05) is 13.7 Å². The fraction of sp³-hybridized carbons (Fsp3) is 0.467. The number of rotatable bonds is 5. The first kappa shape index (κ1) is 16.8. The van der Waals surface area contributed by atoms with Crippen molar-refractivity contribution in [3.05, 3.63) is 29.8 Å². The van der Waals surface area contributed by atoms with Crippen molar-refractivity contribution < 1.29 is 24.2 Å². The number of carbonyl (C=O) groups excluding carboxylic acids is 1. The van der Waals surface area contributed by atoms with E-state index in [1.807, 2.05) is 0 Å². The highest BCUT2D eigenvalue weighted by atomic mass is 16.6. The van der Waals surface area contributed by atoms with Gasteiger partial charge in [0.05, 0.1) is 13.0 Å². The first-order valence-corrected chi connectivity index (χ1v) is 6.56. The number of ether oxygens (including phenoxy) is 2. The maximum absolute atomic E-state index is 11.6. The monoisotopic (exact) mass is 295 g/mol. The summed E-state index contributed by atoms with van der Waals surface area (Å²) in [6.45, 7) is 5.16. The lowest BCUT2D eigenvalue weighted by Gasteiger charge is -2.21. The second kappa shape index (κ2) is 6.97. The van der Waals surface area contributed by atoms with Gasteiger partial charge in [-0.1, -0.05) is 12.1 Å². The first-order valence-electron chi connectivity index (χ1n) is 6.56. The van der Waals surface area contributed by atoms with Crippen molar-refractivity contribution >= 4 is 12.1 Å². The highest BCUT2D eigenvalue weighted by Gasteiger charge is 2.23. The van der Waals surface area contributed by atoms with Gasteiger partial charge < -0.3 is 19.9 Å². The van der Waals surface area contributed by atoms with E-state index in [4.69, 9.17) is 9.47 Å². The number of carboxylic acids is 1. The minimum absolute atomic E-state index is 0.0581. The van der Waals surface area contributed by atoms with Gasteiger partial charge in [0.25, 0.3) is 0 Å². The molecule has 1 unspecified atom stereocenters. The largest absolute Gasteiger partial charge is 0.497 e. The highest BCUT2D eigenvalue weighted by molar-refractivity contribution is 5.78. The van der Waals surface area contributed by atoms with E-state index in [9.17, 15) is 14.7 Å². The summed E-state index contributed by atoms with van der Waals surface area (Å²) in [5.74, 6) is -1.33. The molecule has 0 saturated heterocycles. The molecule has 0 aliphatic heterocycles. The van der Waals surface area contributed by atoms with Crippen LogP contribution in [0.1, 0.15) is 32.3 Å². The summed E-state index contributed by atoms with van der Waals surface area (Å²) in [6, 6.07) is 6.74. The maximum Gasteiger partial charge on any atom is 0.407 e. The number of carbonyl (C=O) groups is 2. The van der Waals surface area contributed by atoms with Crippen LogP contribution in [-0.2, 0) is 9.53 Å². The lowest BCUT2D eigenvalue weighted by atomic mass is 9.99. The fourth-order valence-corrected chi connectivity index (χ4v) is 1.71. The number of aliphatic carboxylic acids is 1.